The molecule has 3 aliphatic rings. The van der Waals surface area contributed by atoms with E-state index in [4.69, 9.17) is 4.74 Å². The van der Waals surface area contributed by atoms with Crippen LogP contribution >= 0.6 is 0 Å². The van der Waals surface area contributed by atoms with Crippen LogP contribution < -0.4 is 4.74 Å². The summed E-state index contributed by atoms with van der Waals surface area (Å²) in [6, 6.07) is 12.1. The Balaban J connectivity index is 1.35. The van der Waals surface area contributed by atoms with Crippen molar-refractivity contribution in [3.63, 3.8) is 0 Å². The lowest BCUT2D eigenvalue weighted by Gasteiger charge is -2.46. The summed E-state index contributed by atoms with van der Waals surface area (Å²) in [5.41, 5.74) is 0.694. The second-order valence-electron chi connectivity index (χ2n) is 9.74. The molecule has 5 nitrogen and oxygen atoms in total. The lowest BCUT2D eigenvalue weighted by atomic mass is 9.77. The van der Waals surface area contributed by atoms with Crippen molar-refractivity contribution in [2.75, 3.05) is 26.7 Å². The maximum atomic E-state index is 13.6. The molecule has 3 atom stereocenters. The minimum atomic E-state index is -0.0714. The number of methoxy groups -OCH3 is 1. The number of hydrogen-bond acceptors (Lipinski definition) is 3. The smallest absolute Gasteiger partial charge is 0.254 e. The van der Waals surface area contributed by atoms with Crippen LogP contribution in [0.2, 0.25) is 0 Å². The van der Waals surface area contributed by atoms with Gasteiger partial charge in [0.05, 0.1) is 13.0 Å². The van der Waals surface area contributed by atoms with Gasteiger partial charge >= 0.3 is 0 Å². The SMILES string of the molecule is COc1ccc(C(=O)N2CCCC(C(=O)N3CCCC4CCCCC43)C2)c2ccccc12. The van der Waals surface area contributed by atoms with E-state index in [0.29, 0.717) is 30.0 Å². The number of rotatable bonds is 3. The monoisotopic (exact) mass is 434 g/mol. The van der Waals surface area contributed by atoms with Gasteiger partial charge in [-0.15, -0.1) is 0 Å². The molecular weight excluding hydrogens is 400 g/mol. The molecule has 2 aliphatic heterocycles. The van der Waals surface area contributed by atoms with Crippen LogP contribution in [-0.2, 0) is 4.79 Å². The van der Waals surface area contributed by atoms with Gasteiger partial charge in [-0.25, -0.2) is 0 Å². The van der Waals surface area contributed by atoms with Gasteiger partial charge in [-0.3, -0.25) is 9.59 Å². The van der Waals surface area contributed by atoms with Gasteiger partial charge in [-0.1, -0.05) is 37.1 Å². The van der Waals surface area contributed by atoms with Crippen LogP contribution in [0.15, 0.2) is 36.4 Å². The van der Waals surface area contributed by atoms with Gasteiger partial charge in [0.1, 0.15) is 5.75 Å². The first kappa shape index (κ1) is 21.3. The normalized spacial score (nSPS) is 26.0. The maximum absolute atomic E-state index is 13.6. The van der Waals surface area contributed by atoms with E-state index in [1.807, 2.05) is 41.3 Å². The number of nitrogens with zero attached hydrogens (tertiary/aromatic N) is 2. The molecule has 2 aromatic carbocycles. The molecule has 1 saturated carbocycles. The van der Waals surface area contributed by atoms with Crippen LogP contribution in [-0.4, -0.2) is 54.4 Å². The Labute approximate surface area is 190 Å². The number of carbonyl (C=O) groups is 2. The molecule has 5 rings (SSSR count). The molecule has 2 aromatic rings. The second-order valence-corrected chi connectivity index (χ2v) is 9.74. The van der Waals surface area contributed by atoms with Crippen molar-refractivity contribution in [1.82, 2.24) is 9.80 Å². The number of hydrogen-bond donors (Lipinski definition) is 0. The molecule has 5 heteroatoms. The summed E-state index contributed by atoms with van der Waals surface area (Å²) >= 11 is 0. The highest BCUT2D eigenvalue weighted by atomic mass is 16.5. The van der Waals surface area contributed by atoms with Crippen LogP contribution in [0.1, 0.15) is 61.7 Å². The molecule has 0 radical (unpaired) electrons. The zero-order chi connectivity index (χ0) is 22.1. The number of ether oxygens (including phenoxy) is 1. The van der Waals surface area contributed by atoms with Crippen molar-refractivity contribution >= 4 is 22.6 Å². The number of carbonyl (C=O) groups excluding carboxylic acids is 2. The van der Waals surface area contributed by atoms with Crippen molar-refractivity contribution < 1.29 is 14.3 Å². The predicted octanol–water partition coefficient (Wildman–Crippen LogP) is 4.88. The molecule has 0 bridgehead atoms. The van der Waals surface area contributed by atoms with E-state index < -0.39 is 0 Å². The summed E-state index contributed by atoms with van der Waals surface area (Å²) in [7, 11) is 1.65. The van der Waals surface area contributed by atoms with Crippen molar-refractivity contribution in [3.05, 3.63) is 42.0 Å². The third-order valence-electron chi connectivity index (χ3n) is 7.92. The third kappa shape index (κ3) is 3.87. The first-order valence-corrected chi connectivity index (χ1v) is 12.3. The molecule has 1 aliphatic carbocycles. The van der Waals surface area contributed by atoms with E-state index in [1.54, 1.807) is 7.11 Å². The molecule has 2 heterocycles. The van der Waals surface area contributed by atoms with Gasteiger partial charge in [0.15, 0.2) is 0 Å². The third-order valence-corrected chi connectivity index (χ3v) is 7.92. The predicted molar refractivity (Wildman–Crippen MR) is 126 cm³/mol. The largest absolute Gasteiger partial charge is 0.496 e. The quantitative estimate of drug-likeness (QED) is 0.692. The molecule has 170 valence electrons. The first-order valence-electron chi connectivity index (χ1n) is 12.3. The summed E-state index contributed by atoms with van der Waals surface area (Å²) in [6.45, 7) is 2.15. The summed E-state index contributed by atoms with van der Waals surface area (Å²) in [5, 5.41) is 1.86. The standard InChI is InChI=1S/C27H34N2O3/c1-32-25-15-14-23(21-11-3-4-12-22(21)25)27(31)28-16-6-10-20(18-28)26(30)29-17-7-9-19-8-2-5-13-24(19)29/h3-4,11-12,14-15,19-20,24H,2,5-10,13,16-18H2,1H3. The van der Waals surface area contributed by atoms with Crippen molar-refractivity contribution in [3.8, 4) is 5.75 Å². The van der Waals surface area contributed by atoms with Gasteiger partial charge < -0.3 is 14.5 Å². The molecule has 3 unspecified atom stereocenters. The fourth-order valence-corrected chi connectivity index (χ4v) is 6.30. The molecule has 0 spiro atoms. The van der Waals surface area contributed by atoms with Gasteiger partial charge in [-0.05, 0) is 62.0 Å². The van der Waals surface area contributed by atoms with E-state index in [1.165, 1.54) is 25.7 Å². The Morgan fingerprint density at radius 2 is 1.62 bits per heavy atom. The Bertz CT molecular complexity index is 1000. The summed E-state index contributed by atoms with van der Waals surface area (Å²) in [4.78, 5) is 31.2. The van der Waals surface area contributed by atoms with Crippen LogP contribution in [0, 0.1) is 11.8 Å². The highest BCUT2D eigenvalue weighted by Gasteiger charge is 2.39. The van der Waals surface area contributed by atoms with Crippen LogP contribution in [0.4, 0.5) is 0 Å². The zero-order valence-electron chi connectivity index (χ0n) is 19.1. The Kier molecular flexibility index (Phi) is 6.07. The number of piperidine rings is 2. The van der Waals surface area contributed by atoms with Crippen LogP contribution in [0.5, 0.6) is 5.75 Å². The molecule has 32 heavy (non-hydrogen) atoms. The van der Waals surface area contributed by atoms with Gasteiger partial charge in [-0.2, -0.15) is 0 Å². The van der Waals surface area contributed by atoms with Gasteiger partial charge in [0.2, 0.25) is 5.91 Å². The topological polar surface area (TPSA) is 49.9 Å². The molecule has 0 aromatic heterocycles. The number of benzene rings is 2. The highest BCUT2D eigenvalue weighted by Crippen LogP contribution is 2.37. The zero-order valence-corrected chi connectivity index (χ0v) is 19.1. The fraction of sp³-hybridized carbons (Fsp3) is 0.556. The molecule has 2 amide bonds. The van der Waals surface area contributed by atoms with Crippen molar-refractivity contribution in [2.45, 2.75) is 57.4 Å². The lowest BCUT2D eigenvalue weighted by molar-refractivity contribution is -0.143. The Morgan fingerprint density at radius 3 is 2.47 bits per heavy atom. The number of likely N-dealkylation sites (tertiary alicyclic amines) is 2. The average molecular weight is 435 g/mol. The maximum Gasteiger partial charge on any atom is 0.254 e. The van der Waals surface area contributed by atoms with Gasteiger partial charge in [0, 0.05) is 36.6 Å². The van der Waals surface area contributed by atoms with Gasteiger partial charge in [0.25, 0.3) is 5.91 Å². The minimum Gasteiger partial charge on any atom is -0.496 e. The summed E-state index contributed by atoms with van der Waals surface area (Å²) in [5.74, 6) is 1.71. The van der Waals surface area contributed by atoms with E-state index in [9.17, 15) is 9.59 Å². The van der Waals surface area contributed by atoms with Crippen molar-refractivity contribution in [2.24, 2.45) is 11.8 Å². The average Bonchev–Trinajstić information content (AvgIpc) is 2.87. The lowest BCUT2D eigenvalue weighted by Crippen LogP contribution is -2.54. The molecule has 2 saturated heterocycles. The van der Waals surface area contributed by atoms with E-state index in [0.717, 1.165) is 55.3 Å². The summed E-state index contributed by atoms with van der Waals surface area (Å²) < 4.78 is 5.49. The Hall–Kier alpha value is -2.56. The molecular formula is C27H34N2O3. The number of fused-ring (bicyclic) bond motifs is 2. The highest BCUT2D eigenvalue weighted by molar-refractivity contribution is 6.08. The fourth-order valence-electron chi connectivity index (χ4n) is 6.30. The van der Waals surface area contributed by atoms with Crippen LogP contribution in [0.3, 0.4) is 0 Å². The number of amides is 2. The van der Waals surface area contributed by atoms with E-state index in [2.05, 4.69) is 4.90 Å². The first-order chi connectivity index (χ1) is 15.7. The Morgan fingerprint density at radius 1 is 0.875 bits per heavy atom. The van der Waals surface area contributed by atoms with Crippen molar-refractivity contribution in [1.29, 1.82) is 0 Å². The molecule has 3 fully saturated rings. The molecule has 0 N–H and O–H groups in total. The minimum absolute atomic E-state index is 0.0236. The van der Waals surface area contributed by atoms with E-state index >= 15 is 0 Å². The summed E-state index contributed by atoms with van der Waals surface area (Å²) in [6.07, 6.45) is 9.15. The second kappa shape index (κ2) is 9.13. The van der Waals surface area contributed by atoms with Crippen LogP contribution in [0.25, 0.3) is 10.8 Å². The van der Waals surface area contributed by atoms with E-state index in [-0.39, 0.29) is 11.8 Å².